The van der Waals surface area contributed by atoms with Gasteiger partial charge in [-0.25, -0.2) is 32.5 Å². The van der Waals surface area contributed by atoms with Gasteiger partial charge < -0.3 is 15.3 Å². The molecule has 9 nitrogen and oxygen atoms in total. The minimum Gasteiger partial charge on any atom is -0.346 e. The Morgan fingerprint density at radius 1 is 0.911 bits per heavy atom. The molecule has 0 saturated heterocycles. The lowest BCUT2D eigenvalue weighted by Crippen LogP contribution is -2.36. The number of pyridine rings is 3. The van der Waals surface area contributed by atoms with Gasteiger partial charge in [0, 0.05) is 70.3 Å². The minimum absolute atomic E-state index is 0.140. The topological polar surface area (TPSA) is 117 Å². The van der Waals surface area contributed by atoms with Crippen molar-refractivity contribution in [2.24, 2.45) is 0 Å². The molecule has 0 radical (unpaired) electrons. The fourth-order valence-electron chi connectivity index (χ4n) is 6.99. The van der Waals surface area contributed by atoms with Gasteiger partial charge in [-0.15, -0.1) is 0 Å². The van der Waals surface area contributed by atoms with E-state index in [2.05, 4.69) is 42.2 Å². The first kappa shape index (κ1) is 37.4. The summed E-state index contributed by atoms with van der Waals surface area (Å²) in [5.74, 6) is -2.19. The molecule has 5 atom stereocenters. The number of carbonyl (C=O) groups excluding carboxylic acids is 1. The van der Waals surface area contributed by atoms with Crippen LogP contribution in [0.5, 0.6) is 0 Å². The van der Waals surface area contributed by atoms with Crippen molar-refractivity contribution < 1.29 is 31.1 Å². The summed E-state index contributed by atoms with van der Waals surface area (Å²) in [4.78, 5) is 33.7. The zero-order valence-corrected chi connectivity index (χ0v) is 31.4. The maximum absolute atomic E-state index is 15.7. The number of benzene rings is 1. The highest BCUT2D eigenvalue weighted by molar-refractivity contribution is 7.18. The molecule has 1 aliphatic carbocycles. The number of aromatic nitrogens is 7. The number of aromatic amines is 2. The Labute approximate surface area is 319 Å². The first-order valence-electron chi connectivity index (χ1n) is 17.2. The molecule has 6 heterocycles. The number of amides is 1. The lowest BCUT2D eigenvalue weighted by Gasteiger charge is -2.32. The third-order valence-electron chi connectivity index (χ3n) is 9.50. The van der Waals surface area contributed by atoms with Gasteiger partial charge in [-0.1, -0.05) is 24.4 Å². The van der Waals surface area contributed by atoms with Gasteiger partial charge in [0.15, 0.2) is 11.3 Å². The van der Waals surface area contributed by atoms with E-state index in [0.29, 0.717) is 38.7 Å². The van der Waals surface area contributed by atoms with Crippen LogP contribution >= 0.6 is 18.5 Å². The number of rotatable bonds is 8. The molecule has 0 bridgehead atoms. The van der Waals surface area contributed by atoms with Crippen molar-refractivity contribution in [3.05, 3.63) is 130 Å². The van der Waals surface area contributed by atoms with Crippen LogP contribution in [-0.2, 0) is 29.1 Å². The maximum atomic E-state index is 15.7. The van der Waals surface area contributed by atoms with E-state index >= 15 is 13.2 Å². The van der Waals surface area contributed by atoms with Crippen LogP contribution in [0.4, 0.5) is 26.3 Å². The fraction of sp³-hybridized carbons (Fsp3) is 0.205. The molecule has 8 rings (SSSR count). The molecule has 4 unspecified atom stereocenters. The van der Waals surface area contributed by atoms with Crippen LogP contribution in [0.1, 0.15) is 64.3 Å². The van der Waals surface area contributed by atoms with Crippen molar-refractivity contribution >= 4 is 46.5 Å². The molecule has 0 saturated carbocycles. The van der Waals surface area contributed by atoms with E-state index in [1.54, 1.807) is 46.2 Å². The maximum Gasteiger partial charge on any atom is 0.289 e. The fourth-order valence-corrected chi connectivity index (χ4v) is 7.66. The molecule has 1 aromatic carbocycles. The number of hydrogen-bond donors (Lipinski definition) is 3. The van der Waals surface area contributed by atoms with Gasteiger partial charge in [0.2, 0.25) is 5.91 Å². The minimum atomic E-state index is -3.63. The van der Waals surface area contributed by atoms with Gasteiger partial charge in [-0.2, -0.15) is 13.9 Å². The van der Waals surface area contributed by atoms with Crippen LogP contribution in [0.2, 0.25) is 0 Å². The SMILES string of the molecule is O=C(Cn1nc(C(F)P)c2c1C(F)(F)CCC2(F)P)N[C@@H](Cc1cc(F)cc(F)c1)c1nc(C#Cc2cnc3[nH]ccc3c2)ccc1-c1cnc2[nH]ccc2c1. The quantitative estimate of drug-likeness (QED) is 0.0814. The zero-order valence-electron chi connectivity index (χ0n) is 29.1. The molecule has 17 heteroatoms. The number of fused-ring (bicyclic) bond motifs is 3. The average molecular weight is 803 g/mol. The van der Waals surface area contributed by atoms with Crippen molar-refractivity contribution in [1.29, 1.82) is 0 Å². The first-order valence-corrected chi connectivity index (χ1v) is 18.5. The molecule has 3 N–H and O–H groups in total. The van der Waals surface area contributed by atoms with E-state index in [9.17, 15) is 18.0 Å². The summed E-state index contributed by atoms with van der Waals surface area (Å²) in [6.45, 7) is -0.871. The van der Waals surface area contributed by atoms with Crippen LogP contribution in [0.15, 0.2) is 79.4 Å². The molecule has 7 aromatic rings. The third kappa shape index (κ3) is 7.39. The molecule has 1 amide bonds. The molecule has 1 aliphatic rings. The monoisotopic (exact) mass is 802 g/mol. The number of nitrogens with one attached hydrogen (secondary N) is 3. The average Bonchev–Trinajstić information content (AvgIpc) is 3.91. The van der Waals surface area contributed by atoms with Crippen molar-refractivity contribution in [3.63, 3.8) is 0 Å². The molecule has 284 valence electrons. The van der Waals surface area contributed by atoms with Crippen LogP contribution in [0, 0.1) is 23.5 Å². The standard InChI is InChI=1S/C39H30F6N8OP2/c40-25-12-21(13-26(41)16-25)14-29(51-30(54)19-53-34-31(33(52-53)35(42)55)39(45,56)8-7-38(34,43)44)32-28(24-15-23-6-10-47-37(23)49-18-24)4-3-27(50-32)2-1-20-11-22-5-9-46-36(22)48-17-20/h3-6,9-13,15-18,29,35H,7-8,14,19,55-56H2,(H,46,48)(H,47,49)(H,51,54)/t29-,35?,39?/m0/s1. The highest BCUT2D eigenvalue weighted by Crippen LogP contribution is 2.54. The summed E-state index contributed by atoms with van der Waals surface area (Å²) >= 11 is 0. The van der Waals surface area contributed by atoms with E-state index in [0.717, 1.165) is 22.9 Å². The highest BCUT2D eigenvalue weighted by atomic mass is 31.0. The molecule has 0 fully saturated rings. The van der Waals surface area contributed by atoms with Crippen molar-refractivity contribution in [2.45, 2.75) is 49.1 Å². The first-order chi connectivity index (χ1) is 26.7. The van der Waals surface area contributed by atoms with Gasteiger partial charge >= 0.3 is 0 Å². The molecular formula is C39H30F6N8OP2. The number of H-pyrrole nitrogens is 2. The molecule has 56 heavy (non-hydrogen) atoms. The van der Waals surface area contributed by atoms with Crippen LogP contribution in [0.3, 0.4) is 0 Å². The number of halogens is 6. The normalized spacial score (nSPS) is 17.3. The van der Waals surface area contributed by atoms with Crippen molar-refractivity contribution in [2.75, 3.05) is 0 Å². The van der Waals surface area contributed by atoms with Gasteiger partial charge in [-0.05, 0) is 72.9 Å². The second-order valence-electron chi connectivity index (χ2n) is 13.5. The second kappa shape index (κ2) is 14.5. The lowest BCUT2D eigenvalue weighted by molar-refractivity contribution is -0.123. The van der Waals surface area contributed by atoms with E-state index < -0.39 is 77.2 Å². The van der Waals surface area contributed by atoms with Gasteiger partial charge in [-0.3, -0.25) is 9.48 Å². The predicted molar refractivity (Wildman–Crippen MR) is 204 cm³/mol. The van der Waals surface area contributed by atoms with E-state index in [1.165, 1.54) is 0 Å². The summed E-state index contributed by atoms with van der Waals surface area (Å²) in [5.41, 5.74) is 1.44. The highest BCUT2D eigenvalue weighted by Gasteiger charge is 2.52. The Morgan fingerprint density at radius 2 is 1.61 bits per heavy atom. The Kier molecular flexibility index (Phi) is 9.67. The number of hydrogen-bond acceptors (Lipinski definition) is 5. The Morgan fingerprint density at radius 3 is 2.32 bits per heavy atom. The van der Waals surface area contributed by atoms with Crippen LogP contribution in [-0.4, -0.2) is 40.6 Å². The second-order valence-corrected chi connectivity index (χ2v) is 15.0. The number of alkyl halides is 4. The summed E-state index contributed by atoms with van der Waals surface area (Å²) in [7, 11) is 3.63. The Hall–Kier alpha value is -5.57. The zero-order chi connectivity index (χ0) is 39.4. The summed E-state index contributed by atoms with van der Waals surface area (Å²) in [5, 5.41) is 5.93. The predicted octanol–water partition coefficient (Wildman–Crippen LogP) is 8.20. The molecule has 0 spiro atoms. The third-order valence-corrected chi connectivity index (χ3v) is 10.4. The summed E-state index contributed by atoms with van der Waals surface area (Å²) < 4.78 is 91.0. The summed E-state index contributed by atoms with van der Waals surface area (Å²) in [6.07, 6.45) is 4.92. The lowest BCUT2D eigenvalue weighted by atomic mass is 9.90. The van der Waals surface area contributed by atoms with Crippen LogP contribution in [0.25, 0.3) is 33.2 Å². The van der Waals surface area contributed by atoms with Crippen molar-refractivity contribution in [1.82, 2.24) is 40.0 Å². The van der Waals surface area contributed by atoms with Crippen molar-refractivity contribution in [3.8, 4) is 23.0 Å². The van der Waals surface area contributed by atoms with Gasteiger partial charge in [0.1, 0.15) is 46.6 Å². The molecular weight excluding hydrogens is 772 g/mol. The molecule has 6 aromatic heterocycles. The van der Waals surface area contributed by atoms with Gasteiger partial charge in [0.05, 0.1) is 11.7 Å². The van der Waals surface area contributed by atoms with E-state index in [1.807, 2.05) is 33.5 Å². The largest absolute Gasteiger partial charge is 0.346 e. The number of nitrogens with zero attached hydrogens (tertiary/aromatic N) is 5. The molecule has 0 aliphatic heterocycles. The van der Waals surface area contributed by atoms with Gasteiger partial charge in [0.25, 0.3) is 5.92 Å². The van der Waals surface area contributed by atoms with E-state index in [4.69, 9.17) is 4.98 Å². The van der Waals surface area contributed by atoms with Crippen LogP contribution < -0.4 is 5.32 Å². The smallest absolute Gasteiger partial charge is 0.289 e. The number of carbonyl (C=O) groups is 1. The van der Waals surface area contributed by atoms with E-state index in [-0.39, 0.29) is 23.4 Å². The Balaban J connectivity index is 1.23. The summed E-state index contributed by atoms with van der Waals surface area (Å²) in [6, 6.07) is 12.5. The Bertz CT molecular complexity index is 2690.